The van der Waals surface area contributed by atoms with Gasteiger partial charge in [-0.3, -0.25) is 4.79 Å². The summed E-state index contributed by atoms with van der Waals surface area (Å²) in [5.74, 6) is -0.524. The second-order valence-corrected chi connectivity index (χ2v) is 5.87. The highest BCUT2D eigenvalue weighted by Crippen LogP contribution is 2.28. The molecule has 1 saturated heterocycles. The van der Waals surface area contributed by atoms with E-state index in [0.717, 1.165) is 11.1 Å². The lowest BCUT2D eigenvalue weighted by Crippen LogP contribution is -2.33. The number of carbonyl (C=O) groups excluding carboxylic acids is 2. The number of hydrogen-bond donors (Lipinski definition) is 0. The maximum atomic E-state index is 12.6. The van der Waals surface area contributed by atoms with Crippen LogP contribution in [0.5, 0.6) is 0 Å². The van der Waals surface area contributed by atoms with E-state index < -0.39 is 6.09 Å². The molecule has 0 N–H and O–H groups in total. The van der Waals surface area contributed by atoms with E-state index in [-0.39, 0.29) is 30.8 Å². The molecule has 25 heavy (non-hydrogen) atoms. The summed E-state index contributed by atoms with van der Waals surface area (Å²) in [4.78, 5) is 25.5. The van der Waals surface area contributed by atoms with Crippen molar-refractivity contribution in [3.63, 3.8) is 0 Å². The second-order valence-electron chi connectivity index (χ2n) is 5.87. The van der Waals surface area contributed by atoms with Crippen LogP contribution in [0, 0.1) is 0 Å². The fourth-order valence-electron chi connectivity index (χ4n) is 2.52. The highest BCUT2D eigenvalue weighted by molar-refractivity contribution is 5.93. The number of rotatable bonds is 6. The number of nitrogens with zero attached hydrogens (tertiary/aromatic N) is 1. The van der Waals surface area contributed by atoms with Gasteiger partial charge >= 0.3 is 6.09 Å². The van der Waals surface area contributed by atoms with E-state index in [1.165, 1.54) is 17.9 Å². The lowest BCUT2D eigenvalue weighted by atomic mass is 10.1. The third kappa shape index (κ3) is 5.41. The van der Waals surface area contributed by atoms with Crippen molar-refractivity contribution in [1.29, 1.82) is 0 Å². The van der Waals surface area contributed by atoms with Gasteiger partial charge in [0.1, 0.15) is 12.6 Å². The van der Waals surface area contributed by atoms with E-state index in [0.29, 0.717) is 6.42 Å². The fourth-order valence-corrected chi connectivity index (χ4v) is 2.52. The minimum Gasteiger partial charge on any atom is -0.446 e. The first-order valence-corrected chi connectivity index (χ1v) is 8.20. The molecule has 2 rings (SSSR count). The predicted octanol–water partition coefficient (Wildman–Crippen LogP) is 4.86. The van der Waals surface area contributed by atoms with Crippen LogP contribution in [0.2, 0.25) is 0 Å². The molecule has 1 heterocycles. The minimum absolute atomic E-state index is 0.182. The number of cyclic esters (lactones) is 1. The summed E-state index contributed by atoms with van der Waals surface area (Å²) in [5, 5.41) is 0. The van der Waals surface area contributed by atoms with Gasteiger partial charge in [0.25, 0.3) is 0 Å². The summed E-state index contributed by atoms with van der Waals surface area (Å²) in [7, 11) is 0. The zero-order valence-electron chi connectivity index (χ0n) is 14.4. The Bertz CT molecular complexity index is 703. The molecule has 0 radical (unpaired) electrons. The van der Waals surface area contributed by atoms with E-state index in [4.69, 9.17) is 4.74 Å². The smallest absolute Gasteiger partial charge is 0.417 e. The fraction of sp³-hybridized carbons (Fsp3) is 0.300. The highest BCUT2D eigenvalue weighted by atomic mass is 19.1. The first-order chi connectivity index (χ1) is 12.0. The van der Waals surface area contributed by atoms with Gasteiger partial charge < -0.3 is 4.74 Å². The third-order valence-electron chi connectivity index (χ3n) is 3.81. The van der Waals surface area contributed by atoms with Crippen LogP contribution in [0.15, 0.2) is 66.0 Å². The lowest BCUT2D eigenvalue weighted by molar-refractivity contribution is -0.129. The van der Waals surface area contributed by atoms with E-state index in [9.17, 15) is 14.0 Å². The number of benzene rings is 1. The predicted molar refractivity (Wildman–Crippen MR) is 94.4 cm³/mol. The molecule has 0 spiro atoms. The molecular weight excluding hydrogens is 321 g/mol. The Morgan fingerprint density at radius 2 is 2.00 bits per heavy atom. The van der Waals surface area contributed by atoms with Gasteiger partial charge in [-0.1, -0.05) is 54.1 Å². The quantitative estimate of drug-likeness (QED) is 0.693. The monoisotopic (exact) mass is 343 g/mol. The molecule has 132 valence electrons. The van der Waals surface area contributed by atoms with Crippen molar-refractivity contribution < 1.29 is 18.7 Å². The molecule has 0 bridgehead atoms. The maximum Gasteiger partial charge on any atom is 0.417 e. The highest BCUT2D eigenvalue weighted by Gasteiger charge is 2.38. The van der Waals surface area contributed by atoms with Crippen LogP contribution in [-0.2, 0) is 9.53 Å². The Hall–Kier alpha value is -2.69. The molecule has 1 aromatic carbocycles. The number of hydrogen-bond acceptors (Lipinski definition) is 3. The van der Waals surface area contributed by atoms with Crippen LogP contribution in [-0.4, -0.2) is 23.5 Å². The van der Waals surface area contributed by atoms with Crippen LogP contribution in [0.25, 0.3) is 0 Å². The van der Waals surface area contributed by atoms with Crippen molar-refractivity contribution in [2.45, 2.75) is 32.7 Å². The average Bonchev–Trinajstić information content (AvgIpc) is 2.99. The standard InChI is InChI=1S/C20H22FNO3/c1-15(12-13-16(2)21)8-6-7-11-19(23)22-18(14-25-20(22)24)17-9-4-3-5-10-17/h3-6,8-10,12-13,18H,7,11,14H2,1-2H3. The van der Waals surface area contributed by atoms with Crippen LogP contribution < -0.4 is 0 Å². The molecule has 1 fully saturated rings. The number of imide groups is 1. The number of ether oxygens (including phenoxy) is 1. The molecule has 1 aliphatic rings. The first kappa shape index (κ1) is 18.6. The molecule has 4 nitrogen and oxygen atoms in total. The Morgan fingerprint density at radius 1 is 1.28 bits per heavy atom. The van der Waals surface area contributed by atoms with Crippen molar-refractivity contribution in [3.8, 4) is 0 Å². The van der Waals surface area contributed by atoms with Gasteiger partial charge in [0.05, 0.1) is 5.83 Å². The van der Waals surface area contributed by atoms with Crippen LogP contribution in [0.3, 0.4) is 0 Å². The van der Waals surface area contributed by atoms with Gasteiger partial charge in [-0.15, -0.1) is 0 Å². The zero-order chi connectivity index (χ0) is 18.2. The molecular formula is C20H22FNO3. The van der Waals surface area contributed by atoms with Crippen molar-refractivity contribution in [2.24, 2.45) is 0 Å². The van der Waals surface area contributed by atoms with Crippen molar-refractivity contribution in [1.82, 2.24) is 4.90 Å². The molecule has 1 unspecified atom stereocenters. The molecule has 1 atom stereocenters. The largest absolute Gasteiger partial charge is 0.446 e. The zero-order valence-corrected chi connectivity index (χ0v) is 14.4. The van der Waals surface area contributed by atoms with Gasteiger partial charge in [-0.25, -0.2) is 14.1 Å². The van der Waals surface area contributed by atoms with Gasteiger partial charge in [0.15, 0.2) is 0 Å². The number of carbonyl (C=O) groups is 2. The lowest BCUT2D eigenvalue weighted by Gasteiger charge is -2.19. The van der Waals surface area contributed by atoms with E-state index in [2.05, 4.69) is 0 Å². The van der Waals surface area contributed by atoms with E-state index >= 15 is 0 Å². The van der Waals surface area contributed by atoms with Gasteiger partial charge in [-0.2, -0.15) is 0 Å². The summed E-state index contributed by atoms with van der Waals surface area (Å²) in [5.41, 5.74) is 1.76. The third-order valence-corrected chi connectivity index (χ3v) is 3.81. The van der Waals surface area contributed by atoms with Crippen LogP contribution >= 0.6 is 0 Å². The summed E-state index contributed by atoms with van der Waals surface area (Å²) >= 11 is 0. The SMILES string of the molecule is CC(F)=CC=C(C)C=CCCC(=O)N1C(=O)OCC1c1ccccc1. The Kier molecular flexibility index (Phi) is 6.69. The summed E-state index contributed by atoms with van der Waals surface area (Å²) < 4.78 is 17.7. The van der Waals surface area contributed by atoms with Crippen LogP contribution in [0.1, 0.15) is 38.3 Å². The molecule has 1 aliphatic heterocycles. The molecule has 2 amide bonds. The minimum atomic E-state index is -0.595. The van der Waals surface area contributed by atoms with Gasteiger partial charge in [-0.05, 0) is 31.9 Å². The Balaban J connectivity index is 1.94. The van der Waals surface area contributed by atoms with E-state index in [1.54, 1.807) is 6.08 Å². The number of halogens is 1. The molecule has 0 saturated carbocycles. The van der Waals surface area contributed by atoms with Crippen LogP contribution in [0.4, 0.5) is 9.18 Å². The summed E-state index contributed by atoms with van der Waals surface area (Å²) in [6.45, 7) is 3.41. The molecule has 0 aromatic heterocycles. The first-order valence-electron chi connectivity index (χ1n) is 8.20. The van der Waals surface area contributed by atoms with E-state index in [1.807, 2.05) is 49.4 Å². The van der Waals surface area contributed by atoms with Crippen molar-refractivity contribution in [2.75, 3.05) is 6.61 Å². The maximum absolute atomic E-state index is 12.6. The van der Waals surface area contributed by atoms with Gasteiger partial charge in [0, 0.05) is 6.42 Å². The summed E-state index contributed by atoms with van der Waals surface area (Å²) in [6.07, 6.45) is 6.82. The topological polar surface area (TPSA) is 46.6 Å². The van der Waals surface area contributed by atoms with Gasteiger partial charge in [0.2, 0.25) is 5.91 Å². The average molecular weight is 343 g/mol. The molecule has 5 heteroatoms. The molecule has 1 aromatic rings. The second kappa shape index (κ2) is 8.97. The van der Waals surface area contributed by atoms with Crippen molar-refractivity contribution in [3.05, 3.63) is 71.6 Å². The van der Waals surface area contributed by atoms with Crippen molar-refractivity contribution >= 4 is 12.0 Å². The number of allylic oxidation sites excluding steroid dienone is 6. The normalized spacial score (nSPS) is 18.8. The Morgan fingerprint density at radius 3 is 2.68 bits per heavy atom. The Labute approximate surface area is 147 Å². The summed E-state index contributed by atoms with van der Waals surface area (Å²) in [6, 6.07) is 9.00. The molecule has 0 aliphatic carbocycles. The number of amides is 2.